The van der Waals surface area contributed by atoms with E-state index in [4.69, 9.17) is 16.3 Å². The summed E-state index contributed by atoms with van der Waals surface area (Å²) in [6, 6.07) is 9.46. The van der Waals surface area contributed by atoms with E-state index in [1.165, 1.54) is 18.0 Å². The molecule has 2 aromatic rings. The Balaban J connectivity index is 2.11. The highest BCUT2D eigenvalue weighted by Gasteiger charge is 2.08. The Hall–Kier alpha value is -1.52. The molecule has 19 heavy (non-hydrogen) atoms. The molecule has 2 rings (SSSR count). The molecule has 98 valence electrons. The second kappa shape index (κ2) is 6.59. The Morgan fingerprint density at radius 3 is 2.68 bits per heavy atom. The van der Waals surface area contributed by atoms with E-state index in [2.05, 4.69) is 4.98 Å². The van der Waals surface area contributed by atoms with Crippen LogP contribution in [-0.2, 0) is 5.75 Å². The van der Waals surface area contributed by atoms with Crippen molar-refractivity contribution in [2.24, 2.45) is 0 Å². The number of carbonyl (C=O) groups is 1. The molecule has 5 heteroatoms. The van der Waals surface area contributed by atoms with Crippen LogP contribution in [0, 0.1) is 0 Å². The van der Waals surface area contributed by atoms with Gasteiger partial charge in [0.2, 0.25) is 0 Å². The summed E-state index contributed by atoms with van der Waals surface area (Å²) >= 11 is 7.58. The summed E-state index contributed by atoms with van der Waals surface area (Å²) in [5.41, 5.74) is 1.51. The van der Waals surface area contributed by atoms with Crippen LogP contribution in [0.3, 0.4) is 0 Å². The van der Waals surface area contributed by atoms with Crippen molar-refractivity contribution in [3.05, 3.63) is 52.8 Å². The molecule has 0 unspecified atom stereocenters. The zero-order valence-corrected chi connectivity index (χ0v) is 11.9. The van der Waals surface area contributed by atoms with Gasteiger partial charge in [0.15, 0.2) is 6.29 Å². The van der Waals surface area contributed by atoms with Crippen LogP contribution in [0.5, 0.6) is 5.75 Å². The van der Waals surface area contributed by atoms with E-state index >= 15 is 0 Å². The third-order valence-corrected chi connectivity index (χ3v) is 4.16. The van der Waals surface area contributed by atoms with Crippen molar-refractivity contribution >= 4 is 29.6 Å². The smallest absolute Gasteiger partial charge is 0.169 e. The number of methoxy groups -OCH3 is 1. The maximum atomic E-state index is 10.9. The Morgan fingerprint density at radius 2 is 2.05 bits per heavy atom. The summed E-state index contributed by atoms with van der Waals surface area (Å²) in [4.78, 5) is 15.6. The standard InChI is InChI=1S/C14H12ClNO2S/c1-18-11-4-2-10(3-5-11)9-19-14-12(15)6-7-16-13(14)8-17/h2-8H,9H2,1H3. The molecule has 0 bridgehead atoms. The van der Waals surface area contributed by atoms with Crippen molar-refractivity contribution in [2.75, 3.05) is 7.11 Å². The van der Waals surface area contributed by atoms with Gasteiger partial charge in [-0.3, -0.25) is 9.78 Å². The number of aromatic nitrogens is 1. The molecule has 0 radical (unpaired) electrons. The van der Waals surface area contributed by atoms with Gasteiger partial charge in [0.25, 0.3) is 0 Å². The minimum Gasteiger partial charge on any atom is -0.497 e. The average Bonchev–Trinajstić information content (AvgIpc) is 2.46. The van der Waals surface area contributed by atoms with Gasteiger partial charge in [0.05, 0.1) is 17.0 Å². The summed E-state index contributed by atoms with van der Waals surface area (Å²) in [7, 11) is 1.63. The highest BCUT2D eigenvalue weighted by Crippen LogP contribution is 2.31. The zero-order chi connectivity index (χ0) is 13.7. The second-order valence-electron chi connectivity index (χ2n) is 3.76. The number of carbonyl (C=O) groups excluding carboxylic acids is 1. The number of thioether (sulfide) groups is 1. The van der Waals surface area contributed by atoms with Gasteiger partial charge < -0.3 is 4.74 Å². The zero-order valence-electron chi connectivity index (χ0n) is 10.3. The molecule has 1 aromatic heterocycles. The fourth-order valence-corrected chi connectivity index (χ4v) is 2.82. The maximum absolute atomic E-state index is 10.9. The highest BCUT2D eigenvalue weighted by atomic mass is 35.5. The molecule has 0 fully saturated rings. The van der Waals surface area contributed by atoms with Gasteiger partial charge in [0.1, 0.15) is 11.4 Å². The minimum atomic E-state index is 0.381. The van der Waals surface area contributed by atoms with Gasteiger partial charge >= 0.3 is 0 Å². The Labute approximate surface area is 121 Å². The van der Waals surface area contributed by atoms with Crippen LogP contribution in [0.1, 0.15) is 16.1 Å². The topological polar surface area (TPSA) is 39.2 Å². The number of nitrogens with zero attached hydrogens (tertiary/aromatic N) is 1. The van der Waals surface area contributed by atoms with E-state index in [9.17, 15) is 4.79 Å². The molecule has 1 aromatic carbocycles. The summed E-state index contributed by atoms with van der Waals surface area (Å²) in [5, 5.41) is 0.551. The quantitative estimate of drug-likeness (QED) is 0.620. The number of aldehydes is 1. The predicted molar refractivity (Wildman–Crippen MR) is 77.2 cm³/mol. The maximum Gasteiger partial charge on any atom is 0.169 e. The van der Waals surface area contributed by atoms with E-state index in [1.807, 2.05) is 24.3 Å². The monoisotopic (exact) mass is 293 g/mol. The first kappa shape index (κ1) is 13.9. The van der Waals surface area contributed by atoms with Gasteiger partial charge in [-0.15, -0.1) is 11.8 Å². The molecule has 1 heterocycles. The van der Waals surface area contributed by atoms with Crippen LogP contribution in [0.2, 0.25) is 5.02 Å². The summed E-state index contributed by atoms with van der Waals surface area (Å²) in [5.74, 6) is 1.54. The molecule has 0 saturated heterocycles. The summed E-state index contributed by atoms with van der Waals surface area (Å²) in [6.07, 6.45) is 2.26. The van der Waals surface area contributed by atoms with Crippen molar-refractivity contribution in [1.82, 2.24) is 4.98 Å². The number of ether oxygens (including phenoxy) is 1. The third kappa shape index (κ3) is 3.49. The van der Waals surface area contributed by atoms with Gasteiger partial charge in [-0.05, 0) is 23.8 Å². The number of rotatable bonds is 5. The fourth-order valence-electron chi connectivity index (χ4n) is 1.54. The molecular formula is C14H12ClNO2S. The molecule has 3 nitrogen and oxygen atoms in total. The van der Waals surface area contributed by atoms with E-state index in [-0.39, 0.29) is 0 Å². The minimum absolute atomic E-state index is 0.381. The van der Waals surface area contributed by atoms with Crippen molar-refractivity contribution in [2.45, 2.75) is 10.6 Å². The van der Waals surface area contributed by atoms with Crippen molar-refractivity contribution in [1.29, 1.82) is 0 Å². The largest absolute Gasteiger partial charge is 0.497 e. The number of hydrogen-bond acceptors (Lipinski definition) is 4. The van der Waals surface area contributed by atoms with Crippen LogP contribution in [0.4, 0.5) is 0 Å². The third-order valence-electron chi connectivity index (χ3n) is 2.54. The van der Waals surface area contributed by atoms with Crippen LogP contribution in [0.15, 0.2) is 41.4 Å². The van der Waals surface area contributed by atoms with Crippen molar-refractivity contribution < 1.29 is 9.53 Å². The Morgan fingerprint density at radius 1 is 1.32 bits per heavy atom. The van der Waals surface area contributed by atoms with Crippen molar-refractivity contribution in [3.63, 3.8) is 0 Å². The first-order valence-corrected chi connectivity index (χ1v) is 6.96. The van der Waals surface area contributed by atoms with E-state index in [0.717, 1.165) is 28.2 Å². The second-order valence-corrected chi connectivity index (χ2v) is 5.15. The van der Waals surface area contributed by atoms with Gasteiger partial charge in [-0.1, -0.05) is 23.7 Å². The Bertz CT molecular complexity index is 572. The molecule has 0 aliphatic heterocycles. The van der Waals surface area contributed by atoms with Crippen LogP contribution in [-0.4, -0.2) is 18.4 Å². The predicted octanol–water partition coefficient (Wildman–Crippen LogP) is 3.85. The first-order chi connectivity index (χ1) is 9.24. The lowest BCUT2D eigenvalue weighted by Gasteiger charge is -2.07. The molecule has 0 saturated carbocycles. The number of hydrogen-bond donors (Lipinski definition) is 0. The van der Waals surface area contributed by atoms with E-state index in [0.29, 0.717) is 10.7 Å². The molecule has 0 atom stereocenters. The average molecular weight is 294 g/mol. The van der Waals surface area contributed by atoms with Crippen LogP contribution >= 0.6 is 23.4 Å². The lowest BCUT2D eigenvalue weighted by molar-refractivity contribution is 0.111. The van der Waals surface area contributed by atoms with Gasteiger partial charge in [-0.2, -0.15) is 0 Å². The lowest BCUT2D eigenvalue weighted by atomic mass is 10.2. The van der Waals surface area contributed by atoms with E-state index < -0.39 is 0 Å². The normalized spacial score (nSPS) is 10.2. The number of halogens is 1. The van der Waals surface area contributed by atoms with Gasteiger partial charge in [0, 0.05) is 11.9 Å². The molecule has 0 N–H and O–H groups in total. The summed E-state index contributed by atoms with van der Waals surface area (Å²) < 4.78 is 5.10. The van der Waals surface area contributed by atoms with Gasteiger partial charge in [-0.25, -0.2) is 0 Å². The molecule has 0 aliphatic carbocycles. The lowest BCUT2D eigenvalue weighted by Crippen LogP contribution is -1.92. The first-order valence-electron chi connectivity index (χ1n) is 5.60. The molecule has 0 aliphatic rings. The highest BCUT2D eigenvalue weighted by molar-refractivity contribution is 7.98. The molecule has 0 spiro atoms. The van der Waals surface area contributed by atoms with Crippen LogP contribution < -0.4 is 4.74 Å². The summed E-state index contributed by atoms with van der Waals surface area (Å²) in [6.45, 7) is 0. The number of benzene rings is 1. The van der Waals surface area contributed by atoms with E-state index in [1.54, 1.807) is 13.2 Å². The van der Waals surface area contributed by atoms with Crippen LogP contribution in [0.25, 0.3) is 0 Å². The number of pyridine rings is 1. The fraction of sp³-hybridized carbons (Fsp3) is 0.143. The molecular weight excluding hydrogens is 282 g/mol. The molecule has 0 amide bonds. The SMILES string of the molecule is COc1ccc(CSc2c(Cl)ccnc2C=O)cc1. The van der Waals surface area contributed by atoms with Crippen molar-refractivity contribution in [3.8, 4) is 5.75 Å². The Kier molecular flexibility index (Phi) is 4.82.